The smallest absolute Gasteiger partial charge is 0.408 e. The zero-order valence-corrected chi connectivity index (χ0v) is 26.5. The van der Waals surface area contributed by atoms with Gasteiger partial charge in [0.05, 0.1) is 23.6 Å². The number of carbonyl (C=O) groups is 1. The highest BCUT2D eigenvalue weighted by Crippen LogP contribution is 2.18. The minimum atomic E-state index is -0.403. The molecule has 0 aliphatic rings. The molecule has 0 saturated heterocycles. The Morgan fingerprint density at radius 3 is 2.00 bits per heavy atom. The molecule has 0 unspecified atom stereocenters. The number of nitrogens with one attached hydrogen (secondary N) is 1. The largest absolute Gasteiger partial charge is 0.438 e. The van der Waals surface area contributed by atoms with Crippen molar-refractivity contribution in [2.45, 2.75) is 0 Å². The van der Waals surface area contributed by atoms with Gasteiger partial charge in [0.1, 0.15) is 17.8 Å². The lowest BCUT2D eigenvalue weighted by atomic mass is 11.1. The lowest BCUT2D eigenvalue weighted by Gasteiger charge is -2.06. The van der Waals surface area contributed by atoms with Crippen LogP contribution in [0.5, 0.6) is 0 Å². The van der Waals surface area contributed by atoms with Crippen molar-refractivity contribution in [3.05, 3.63) is 0 Å². The maximum atomic E-state index is 11.6. The van der Waals surface area contributed by atoms with E-state index in [9.17, 15) is 4.79 Å². The molecule has 0 aromatic carbocycles. The summed E-state index contributed by atoms with van der Waals surface area (Å²) in [6, 6.07) is 0. The first-order chi connectivity index (χ1) is 17.3. The van der Waals surface area contributed by atoms with E-state index in [1.54, 1.807) is 82.3 Å². The van der Waals surface area contributed by atoms with Gasteiger partial charge in [-0.25, -0.2) is 14.8 Å². The summed E-state index contributed by atoms with van der Waals surface area (Å²) >= 11 is 14.4. The van der Waals surface area contributed by atoms with E-state index in [2.05, 4.69) is 15.3 Å². The van der Waals surface area contributed by atoms with Crippen LogP contribution >= 0.6 is 106 Å². The number of carbonyl (C=O) groups excluding carboxylic acids is 1. The van der Waals surface area contributed by atoms with Gasteiger partial charge < -0.3 is 24.9 Å². The van der Waals surface area contributed by atoms with Gasteiger partial charge in [-0.1, -0.05) is 0 Å². The summed E-state index contributed by atoms with van der Waals surface area (Å²) in [5, 5.41) is 15.5. The summed E-state index contributed by atoms with van der Waals surface area (Å²) in [6.07, 6.45) is 4.14. The standard InChI is InChI=1S/C16H31N3O7S9/c1-27-4-17-2-23-26-10-33-15-35-14-31-8-22-16(21)19-6-29-12-34-11-28-5-18-3-24-25-9-32-13-30-7-20/h2-3,20H,4-15H2,1H3,(H,19,21)/b17-2+,18-3+. The van der Waals surface area contributed by atoms with E-state index >= 15 is 0 Å². The van der Waals surface area contributed by atoms with Gasteiger partial charge in [-0.3, -0.25) is 0 Å². The zero-order valence-electron chi connectivity index (χ0n) is 19.1. The van der Waals surface area contributed by atoms with Crippen molar-refractivity contribution < 1.29 is 34.2 Å². The summed E-state index contributed by atoms with van der Waals surface area (Å²) in [5.41, 5.74) is 0. The number of aliphatic hydroxyl groups is 1. The summed E-state index contributed by atoms with van der Waals surface area (Å²) in [6.45, 7) is 0. The molecule has 0 radical (unpaired) electrons. The number of hydrogen-bond acceptors (Lipinski definition) is 18. The molecule has 1 amide bonds. The number of thioether (sulfide) groups is 9. The molecule has 0 heterocycles. The van der Waals surface area contributed by atoms with Crippen LogP contribution in [0.4, 0.5) is 4.79 Å². The number of rotatable bonds is 27. The van der Waals surface area contributed by atoms with Gasteiger partial charge in [0.2, 0.25) is 12.8 Å². The van der Waals surface area contributed by atoms with E-state index in [0.717, 1.165) is 25.4 Å². The van der Waals surface area contributed by atoms with Gasteiger partial charge in [0.15, 0.2) is 0 Å². The van der Waals surface area contributed by atoms with Crippen LogP contribution in [0.25, 0.3) is 0 Å². The summed E-state index contributed by atoms with van der Waals surface area (Å²) in [4.78, 5) is 39.0. The molecule has 0 aliphatic heterocycles. The van der Waals surface area contributed by atoms with E-state index < -0.39 is 6.09 Å². The lowest BCUT2D eigenvalue weighted by Crippen LogP contribution is -2.23. The zero-order chi connectivity index (χ0) is 25.5. The fourth-order valence-electron chi connectivity index (χ4n) is 1.27. The molecule has 2 N–H and O–H groups in total. The van der Waals surface area contributed by atoms with Crippen molar-refractivity contribution in [2.24, 2.45) is 9.98 Å². The van der Waals surface area contributed by atoms with Crippen LogP contribution in [0.3, 0.4) is 0 Å². The number of ether oxygens (including phenoxy) is 1. The molecule has 0 rings (SSSR count). The second kappa shape index (κ2) is 33.3. The highest BCUT2D eigenvalue weighted by atomic mass is 32.2. The summed E-state index contributed by atoms with van der Waals surface area (Å²) < 4.78 is 5.12. The number of amides is 1. The molecule has 0 spiro atoms. The van der Waals surface area contributed by atoms with Crippen LogP contribution in [-0.4, -0.2) is 97.1 Å². The maximum absolute atomic E-state index is 11.6. The quantitative estimate of drug-likeness (QED) is 0.0292. The van der Waals surface area contributed by atoms with Crippen molar-refractivity contribution in [1.82, 2.24) is 5.32 Å². The van der Waals surface area contributed by atoms with E-state index in [0.29, 0.717) is 35.4 Å². The van der Waals surface area contributed by atoms with Crippen LogP contribution in [0.15, 0.2) is 9.98 Å². The van der Waals surface area contributed by atoms with Gasteiger partial charge in [0.25, 0.3) is 0 Å². The first-order valence-corrected chi connectivity index (χ1v) is 20.1. The Balaban J connectivity index is 3.21. The van der Waals surface area contributed by atoms with Gasteiger partial charge in [-0.05, 0) is 6.26 Å². The van der Waals surface area contributed by atoms with E-state index in [1.165, 1.54) is 36.3 Å². The topological polar surface area (TPSA) is 120 Å². The van der Waals surface area contributed by atoms with Crippen LogP contribution < -0.4 is 5.32 Å². The van der Waals surface area contributed by atoms with Gasteiger partial charge in [0, 0.05) is 25.4 Å². The monoisotopic (exact) mass is 665 g/mol. The fourth-order valence-corrected chi connectivity index (χ4v) is 8.18. The minimum Gasteiger partial charge on any atom is -0.438 e. The normalized spacial score (nSPS) is 11.4. The van der Waals surface area contributed by atoms with Gasteiger partial charge in [-0.2, -0.15) is 9.78 Å². The molecule has 19 heteroatoms. The van der Waals surface area contributed by atoms with Crippen LogP contribution in [0, 0.1) is 0 Å². The maximum Gasteiger partial charge on any atom is 0.408 e. The van der Waals surface area contributed by atoms with Crippen molar-refractivity contribution in [2.75, 3.05) is 73.1 Å². The molecule has 0 aromatic rings. The average Bonchev–Trinajstić information content (AvgIpc) is 2.86. The molecule has 0 atom stereocenters. The van der Waals surface area contributed by atoms with Crippen molar-refractivity contribution in [3.63, 3.8) is 0 Å². The van der Waals surface area contributed by atoms with Crippen molar-refractivity contribution >= 4 is 125 Å². The molecule has 206 valence electrons. The second-order valence-corrected chi connectivity index (χ2v) is 15.3. The molecule has 0 saturated carbocycles. The molecule has 0 bridgehead atoms. The Morgan fingerprint density at radius 2 is 1.34 bits per heavy atom. The van der Waals surface area contributed by atoms with Crippen LogP contribution in [0.1, 0.15) is 0 Å². The number of aliphatic imine (C=N–C) groups is 2. The molecule has 10 nitrogen and oxygen atoms in total. The third kappa shape index (κ3) is 33.2. The first kappa shape index (κ1) is 36.2. The molecule has 0 fully saturated rings. The molecular weight excluding hydrogens is 635 g/mol. The highest BCUT2D eigenvalue weighted by molar-refractivity contribution is 8.23. The third-order valence-electron chi connectivity index (χ3n) is 2.52. The Bertz CT molecular complexity index is 517. The van der Waals surface area contributed by atoms with E-state index in [-0.39, 0.29) is 5.94 Å². The Labute approximate surface area is 245 Å². The number of aliphatic hydroxyl groups excluding tert-OH is 1. The Hall–Kier alpha value is 1.24. The second-order valence-electron chi connectivity index (χ2n) is 5.01. The SMILES string of the molecule is CSC/N=C/OOCSCSCSCOC(=O)NCSCSCSC/N=C/OOCSCSCO. The highest BCUT2D eigenvalue weighted by Gasteiger charge is 2.01. The van der Waals surface area contributed by atoms with Crippen molar-refractivity contribution in [1.29, 1.82) is 0 Å². The molecule has 0 aliphatic carbocycles. The summed E-state index contributed by atoms with van der Waals surface area (Å²) in [7, 11) is 0. The number of alkyl carbamates (subject to hydrolysis) is 1. The number of hydrogen-bond donors (Lipinski definition) is 2. The fraction of sp³-hybridized carbons (Fsp3) is 0.812. The van der Waals surface area contributed by atoms with Gasteiger partial charge >= 0.3 is 6.09 Å². The van der Waals surface area contributed by atoms with Crippen LogP contribution in [0.2, 0.25) is 0 Å². The third-order valence-corrected chi connectivity index (χ3v) is 11.3. The Morgan fingerprint density at radius 1 is 0.771 bits per heavy atom. The molecule has 35 heavy (non-hydrogen) atoms. The van der Waals surface area contributed by atoms with E-state index in [1.807, 2.05) is 6.26 Å². The molecular formula is C16H31N3O7S9. The summed E-state index contributed by atoms with van der Waals surface area (Å²) in [5.74, 6) is 3.00. The first-order valence-electron chi connectivity index (χ1n) is 9.46. The molecule has 0 aromatic heterocycles. The Kier molecular flexibility index (Phi) is 34.4. The average molecular weight is 666 g/mol. The number of nitrogens with zero attached hydrogens (tertiary/aromatic N) is 2. The predicted molar refractivity (Wildman–Crippen MR) is 166 cm³/mol. The lowest BCUT2D eigenvalue weighted by molar-refractivity contribution is -0.196. The predicted octanol–water partition coefficient (Wildman–Crippen LogP) is 5.38. The van der Waals surface area contributed by atoms with Crippen LogP contribution in [-0.2, 0) is 24.3 Å². The van der Waals surface area contributed by atoms with E-state index in [4.69, 9.17) is 29.4 Å². The van der Waals surface area contributed by atoms with Crippen molar-refractivity contribution in [3.8, 4) is 0 Å². The van der Waals surface area contributed by atoms with Gasteiger partial charge in [-0.15, -0.1) is 106 Å². The minimum absolute atomic E-state index is 0.107.